The Hall–Kier alpha value is -1.47. The van der Waals surface area contributed by atoms with Gasteiger partial charge in [0.15, 0.2) is 5.79 Å². The normalized spacial score (nSPS) is 30.1. The summed E-state index contributed by atoms with van der Waals surface area (Å²) >= 11 is 0. The highest BCUT2D eigenvalue weighted by atomic mass is 16.7. The number of rotatable bonds is 6. The molecule has 1 heterocycles. The molecule has 0 aromatic rings. The molecular weight excluding hydrogens is 376 g/mol. The van der Waals surface area contributed by atoms with Crippen LogP contribution in [0, 0.1) is 23.7 Å². The molecule has 3 aliphatic rings. The molecule has 166 valence electrons. The molecule has 7 heteroatoms. The molecule has 3 rings (SSSR count). The number of hydrogen-bond donors (Lipinski definition) is 0. The first-order chi connectivity index (χ1) is 13.9. The molecule has 1 aliphatic heterocycles. The highest BCUT2D eigenvalue weighted by Crippen LogP contribution is 2.46. The summed E-state index contributed by atoms with van der Waals surface area (Å²) in [6, 6.07) is 0. The smallest absolute Gasteiger partial charge is 0.309 e. The minimum Gasteiger partial charge on any atom is -0.466 e. The second kappa shape index (κ2) is 11.1. The van der Waals surface area contributed by atoms with Crippen LogP contribution in [0.25, 0.3) is 0 Å². The lowest BCUT2D eigenvalue weighted by molar-refractivity contribution is -0.162. The molecule has 1 spiro atoms. The Labute approximate surface area is 173 Å². The van der Waals surface area contributed by atoms with Gasteiger partial charge >= 0.3 is 11.9 Å². The van der Waals surface area contributed by atoms with Crippen LogP contribution in [0.15, 0.2) is 0 Å². The molecule has 0 aromatic carbocycles. The van der Waals surface area contributed by atoms with Gasteiger partial charge < -0.3 is 18.9 Å². The van der Waals surface area contributed by atoms with E-state index in [1.54, 1.807) is 6.92 Å². The Morgan fingerprint density at radius 2 is 1.41 bits per heavy atom. The molecule has 0 N–H and O–H groups in total. The van der Waals surface area contributed by atoms with Crippen LogP contribution in [0.2, 0.25) is 0 Å². The predicted molar refractivity (Wildman–Crippen MR) is 106 cm³/mol. The van der Waals surface area contributed by atoms with Crippen LogP contribution in [-0.4, -0.2) is 49.9 Å². The summed E-state index contributed by atoms with van der Waals surface area (Å²) in [6.07, 6.45) is 4.28. The first kappa shape index (κ1) is 23.8. The Balaban J connectivity index is 0.000000212. The van der Waals surface area contributed by atoms with Crippen LogP contribution in [0.5, 0.6) is 0 Å². The summed E-state index contributed by atoms with van der Waals surface area (Å²) in [5.74, 6) is -0.252. The second-order valence-electron chi connectivity index (χ2n) is 8.02. The topological polar surface area (TPSA) is 88.1 Å². The molecule has 1 saturated heterocycles. The highest BCUT2D eigenvalue weighted by molar-refractivity contribution is 5.88. The van der Waals surface area contributed by atoms with Gasteiger partial charge in [-0.05, 0) is 25.7 Å². The zero-order chi connectivity index (χ0) is 21.4. The van der Waals surface area contributed by atoms with Gasteiger partial charge in [-0.25, -0.2) is 0 Å². The average molecular weight is 413 g/mol. The summed E-state index contributed by atoms with van der Waals surface area (Å²) in [5, 5.41) is 0. The Morgan fingerprint density at radius 3 is 1.93 bits per heavy atom. The lowest BCUT2D eigenvalue weighted by atomic mass is 9.94. The van der Waals surface area contributed by atoms with Crippen molar-refractivity contribution in [3.05, 3.63) is 0 Å². The van der Waals surface area contributed by atoms with E-state index in [2.05, 4.69) is 6.92 Å². The zero-order valence-electron chi connectivity index (χ0n) is 18.2. The largest absolute Gasteiger partial charge is 0.466 e. The summed E-state index contributed by atoms with van der Waals surface area (Å²) in [4.78, 5) is 34.3. The molecule has 0 amide bonds. The lowest BCUT2D eigenvalue weighted by Gasteiger charge is -2.21. The molecule has 29 heavy (non-hydrogen) atoms. The van der Waals surface area contributed by atoms with Crippen molar-refractivity contribution in [2.45, 2.75) is 72.0 Å². The maximum absolute atomic E-state index is 11.8. The van der Waals surface area contributed by atoms with Gasteiger partial charge in [-0.2, -0.15) is 0 Å². The van der Waals surface area contributed by atoms with Gasteiger partial charge in [0.2, 0.25) is 0 Å². The number of hydrogen-bond acceptors (Lipinski definition) is 7. The van der Waals surface area contributed by atoms with Crippen LogP contribution in [0.4, 0.5) is 0 Å². The van der Waals surface area contributed by atoms with Crippen molar-refractivity contribution >= 4 is 17.7 Å². The van der Waals surface area contributed by atoms with Gasteiger partial charge in [-0.1, -0.05) is 26.7 Å². The van der Waals surface area contributed by atoms with E-state index in [4.69, 9.17) is 18.9 Å². The average Bonchev–Trinajstić information content (AvgIpc) is 3.41. The SMILES string of the molecule is CCOC(=O)C1CC(=O)CC1CC.CCOC(=O)C1CC2(CC1CC)OCCO2. The maximum atomic E-state index is 11.8. The number of Topliss-reactive ketones (excluding diaryl/α,β-unsaturated/α-hetero) is 1. The third-order valence-electron chi connectivity index (χ3n) is 6.22. The fourth-order valence-corrected chi connectivity index (χ4v) is 4.70. The van der Waals surface area contributed by atoms with E-state index in [0.717, 1.165) is 19.3 Å². The van der Waals surface area contributed by atoms with Crippen LogP contribution in [-0.2, 0) is 33.3 Å². The molecule has 4 unspecified atom stereocenters. The van der Waals surface area contributed by atoms with Crippen molar-refractivity contribution < 1.29 is 33.3 Å². The van der Waals surface area contributed by atoms with E-state index in [9.17, 15) is 14.4 Å². The van der Waals surface area contributed by atoms with Gasteiger partial charge in [0.25, 0.3) is 0 Å². The molecule has 0 radical (unpaired) electrons. The van der Waals surface area contributed by atoms with Gasteiger partial charge in [0, 0.05) is 25.7 Å². The number of ether oxygens (including phenoxy) is 4. The van der Waals surface area contributed by atoms with Crippen LogP contribution < -0.4 is 0 Å². The van der Waals surface area contributed by atoms with E-state index in [0.29, 0.717) is 51.6 Å². The first-order valence-corrected chi connectivity index (χ1v) is 11.0. The molecule has 4 atom stereocenters. The Morgan fingerprint density at radius 1 is 0.862 bits per heavy atom. The molecule has 3 fully saturated rings. The third-order valence-corrected chi connectivity index (χ3v) is 6.22. The van der Waals surface area contributed by atoms with Gasteiger partial charge in [-0.15, -0.1) is 0 Å². The first-order valence-electron chi connectivity index (χ1n) is 11.0. The minimum absolute atomic E-state index is 0.0527. The summed E-state index contributed by atoms with van der Waals surface area (Å²) in [6.45, 7) is 9.88. The minimum atomic E-state index is -0.488. The molecular formula is C22H36O7. The standard InChI is InChI=1S/C12H20O4.C10H16O3/c1-3-9-7-12(15-5-6-16-12)8-10(9)11(13)14-4-2;1-3-7-5-8(11)6-9(7)10(12)13-4-2/h9-10H,3-8H2,1-2H3;7,9H,3-6H2,1-2H3. The molecule has 0 aromatic heterocycles. The summed E-state index contributed by atoms with van der Waals surface area (Å²) in [5.41, 5.74) is 0. The molecule has 2 aliphatic carbocycles. The van der Waals surface area contributed by atoms with Crippen molar-refractivity contribution in [1.29, 1.82) is 0 Å². The van der Waals surface area contributed by atoms with Gasteiger partial charge in [-0.3, -0.25) is 14.4 Å². The van der Waals surface area contributed by atoms with Crippen molar-refractivity contribution in [2.24, 2.45) is 23.7 Å². The Bertz CT molecular complexity index is 568. The van der Waals surface area contributed by atoms with Crippen molar-refractivity contribution in [2.75, 3.05) is 26.4 Å². The second-order valence-corrected chi connectivity index (χ2v) is 8.02. The van der Waals surface area contributed by atoms with Crippen LogP contribution in [0.3, 0.4) is 0 Å². The molecule has 7 nitrogen and oxygen atoms in total. The van der Waals surface area contributed by atoms with Crippen molar-refractivity contribution in [3.63, 3.8) is 0 Å². The highest BCUT2D eigenvalue weighted by Gasteiger charge is 2.51. The van der Waals surface area contributed by atoms with E-state index >= 15 is 0 Å². The number of carbonyl (C=O) groups excluding carboxylic acids is 3. The molecule has 0 bridgehead atoms. The van der Waals surface area contributed by atoms with Crippen molar-refractivity contribution in [3.8, 4) is 0 Å². The van der Waals surface area contributed by atoms with E-state index in [1.807, 2.05) is 13.8 Å². The van der Waals surface area contributed by atoms with Crippen LogP contribution >= 0.6 is 0 Å². The summed E-state index contributed by atoms with van der Waals surface area (Å²) in [7, 11) is 0. The number of ketones is 1. The fourth-order valence-electron chi connectivity index (χ4n) is 4.70. The van der Waals surface area contributed by atoms with Gasteiger partial charge in [0.05, 0.1) is 38.3 Å². The predicted octanol–water partition coefficient (Wildman–Crippen LogP) is 3.28. The Kier molecular flexibility index (Phi) is 9.08. The number of esters is 2. The zero-order valence-corrected chi connectivity index (χ0v) is 18.2. The fraction of sp³-hybridized carbons (Fsp3) is 0.864. The quantitative estimate of drug-likeness (QED) is 0.619. The molecule has 2 saturated carbocycles. The lowest BCUT2D eigenvalue weighted by Crippen LogP contribution is -2.27. The van der Waals surface area contributed by atoms with E-state index < -0.39 is 5.79 Å². The van der Waals surface area contributed by atoms with E-state index in [-0.39, 0.29) is 35.5 Å². The van der Waals surface area contributed by atoms with E-state index in [1.165, 1.54) is 0 Å². The monoisotopic (exact) mass is 412 g/mol. The van der Waals surface area contributed by atoms with Crippen molar-refractivity contribution in [1.82, 2.24) is 0 Å². The van der Waals surface area contributed by atoms with Crippen LogP contribution in [0.1, 0.15) is 66.2 Å². The maximum Gasteiger partial charge on any atom is 0.309 e. The number of carbonyl (C=O) groups is 3. The third kappa shape index (κ3) is 6.01. The summed E-state index contributed by atoms with van der Waals surface area (Å²) < 4.78 is 21.3. The van der Waals surface area contributed by atoms with Gasteiger partial charge in [0.1, 0.15) is 5.78 Å².